The first kappa shape index (κ1) is 24.1. The molecule has 0 bridgehead atoms. The predicted octanol–water partition coefficient (Wildman–Crippen LogP) is 0.495. The van der Waals surface area contributed by atoms with Gasteiger partial charge in [0.05, 0.1) is 18.2 Å². The molecule has 0 spiro atoms. The lowest BCUT2D eigenvalue weighted by atomic mass is 10.2. The van der Waals surface area contributed by atoms with Crippen LogP contribution in [-0.2, 0) is 26.0 Å². The van der Waals surface area contributed by atoms with Gasteiger partial charge in [0.15, 0.2) is 0 Å². The third kappa shape index (κ3) is 5.91. The van der Waals surface area contributed by atoms with E-state index in [-0.39, 0.29) is 19.5 Å². The number of amides is 2. The molecule has 1 aliphatic heterocycles. The van der Waals surface area contributed by atoms with Crippen molar-refractivity contribution in [2.75, 3.05) is 36.8 Å². The number of hydrogen-bond donors (Lipinski definition) is 2. The van der Waals surface area contributed by atoms with E-state index in [9.17, 15) is 23.3 Å². The molecule has 2 fully saturated rings. The minimum Gasteiger partial charge on any atom is -0.354 e. The number of carbonyl (C=O) groups excluding carboxylic acids is 2. The van der Waals surface area contributed by atoms with Crippen LogP contribution in [0.5, 0.6) is 0 Å². The highest BCUT2D eigenvalue weighted by atomic mass is 32.2. The summed E-state index contributed by atoms with van der Waals surface area (Å²) in [5, 5.41) is 16.4. The highest BCUT2D eigenvalue weighted by molar-refractivity contribution is 7.89. The molecule has 180 valence electrons. The summed E-state index contributed by atoms with van der Waals surface area (Å²) in [6, 6.07) is 9.95. The highest BCUT2D eigenvalue weighted by Crippen LogP contribution is 2.34. The van der Waals surface area contributed by atoms with E-state index in [0.717, 1.165) is 10.7 Å². The van der Waals surface area contributed by atoms with E-state index in [1.807, 2.05) is 34.5 Å². The van der Waals surface area contributed by atoms with Crippen LogP contribution in [0.3, 0.4) is 0 Å². The second-order valence-electron chi connectivity index (χ2n) is 8.41. The number of thiophene rings is 1. The summed E-state index contributed by atoms with van der Waals surface area (Å²) < 4.78 is 27.7. The average Bonchev–Trinajstić information content (AvgIpc) is 3.42. The van der Waals surface area contributed by atoms with E-state index in [2.05, 4.69) is 21.7 Å². The molecule has 3 heterocycles. The Hall–Kier alpha value is -3.01. The Bertz CT molecular complexity index is 1150. The number of nitriles is 1. The summed E-state index contributed by atoms with van der Waals surface area (Å²) in [5.41, 5.74) is -0.966. The van der Waals surface area contributed by atoms with Crippen LogP contribution < -0.4 is 15.5 Å². The third-order valence-corrected chi connectivity index (χ3v) is 8.66. The van der Waals surface area contributed by atoms with E-state index in [0.29, 0.717) is 25.9 Å². The summed E-state index contributed by atoms with van der Waals surface area (Å²) in [5.74, 6) is -0.891. The quantitative estimate of drug-likeness (QED) is 0.510. The maximum atomic E-state index is 13.2. The third-order valence-electron chi connectivity index (χ3n) is 5.88. The van der Waals surface area contributed by atoms with Gasteiger partial charge in [-0.05, 0) is 36.4 Å². The lowest BCUT2D eigenvalue weighted by Crippen LogP contribution is -2.56. The summed E-state index contributed by atoms with van der Waals surface area (Å²) >= 11 is 1.40. The van der Waals surface area contributed by atoms with Crippen LogP contribution in [0.25, 0.3) is 0 Å². The predicted molar refractivity (Wildman–Crippen MR) is 127 cm³/mol. The van der Waals surface area contributed by atoms with Crippen molar-refractivity contribution in [1.82, 2.24) is 19.9 Å². The Morgan fingerprint density at radius 1 is 1.18 bits per heavy atom. The molecule has 0 radical (unpaired) electrons. The molecule has 2 N–H and O–H groups in total. The van der Waals surface area contributed by atoms with Gasteiger partial charge in [0, 0.05) is 37.3 Å². The number of rotatable bonds is 9. The zero-order valence-electron chi connectivity index (χ0n) is 18.5. The maximum absolute atomic E-state index is 13.2. The molecule has 4 rings (SSSR count). The van der Waals surface area contributed by atoms with Crippen molar-refractivity contribution in [1.29, 1.82) is 5.26 Å². The number of aromatic nitrogens is 1. The van der Waals surface area contributed by atoms with Gasteiger partial charge in [-0.2, -0.15) is 9.57 Å². The monoisotopic (exact) mass is 502 g/mol. The van der Waals surface area contributed by atoms with Gasteiger partial charge in [-0.25, -0.2) is 13.4 Å². The minimum absolute atomic E-state index is 0.0492. The Morgan fingerprint density at radius 3 is 2.53 bits per heavy atom. The van der Waals surface area contributed by atoms with Crippen LogP contribution >= 0.6 is 11.3 Å². The van der Waals surface area contributed by atoms with E-state index in [4.69, 9.17) is 0 Å². The van der Waals surface area contributed by atoms with E-state index in [1.165, 1.54) is 15.6 Å². The molecule has 2 amide bonds. The number of hydrogen-bond acceptors (Lipinski definition) is 8. The lowest BCUT2D eigenvalue weighted by molar-refractivity contribution is -0.128. The van der Waals surface area contributed by atoms with E-state index >= 15 is 0 Å². The molecule has 1 saturated heterocycles. The van der Waals surface area contributed by atoms with Gasteiger partial charge in [0.2, 0.25) is 21.8 Å². The number of anilines is 1. The molecular formula is C22H26N6O4S2. The van der Waals surface area contributed by atoms with Crippen LogP contribution in [-0.4, -0.2) is 73.0 Å². The second kappa shape index (κ2) is 10.1. The number of carbonyl (C=O) groups is 2. The number of sulfonamides is 1. The van der Waals surface area contributed by atoms with E-state index in [1.54, 1.807) is 12.3 Å². The van der Waals surface area contributed by atoms with Crippen molar-refractivity contribution in [3.63, 3.8) is 0 Å². The smallest absolute Gasteiger partial charge is 0.244 e. The first-order valence-electron chi connectivity index (χ1n) is 11.0. The van der Waals surface area contributed by atoms with Gasteiger partial charge >= 0.3 is 0 Å². The Balaban J connectivity index is 1.42. The molecule has 2 aromatic heterocycles. The highest BCUT2D eigenvalue weighted by Gasteiger charge is 2.46. The number of nitrogens with zero attached hydrogens (tertiary/aromatic N) is 4. The molecule has 34 heavy (non-hydrogen) atoms. The van der Waals surface area contributed by atoms with Crippen LogP contribution in [0.15, 0.2) is 41.9 Å². The number of piperazine rings is 1. The van der Waals surface area contributed by atoms with Crippen molar-refractivity contribution in [2.45, 2.75) is 30.8 Å². The molecule has 12 heteroatoms. The van der Waals surface area contributed by atoms with Crippen molar-refractivity contribution < 1.29 is 18.0 Å². The first-order valence-corrected chi connectivity index (χ1v) is 13.5. The fourth-order valence-electron chi connectivity index (χ4n) is 3.76. The molecular weight excluding hydrogens is 476 g/mol. The van der Waals surface area contributed by atoms with Gasteiger partial charge in [-0.15, -0.1) is 11.3 Å². The second-order valence-corrected chi connectivity index (χ2v) is 11.5. The summed E-state index contributed by atoms with van der Waals surface area (Å²) in [6.45, 7) is 1.43. The molecule has 1 aliphatic carbocycles. The van der Waals surface area contributed by atoms with Crippen LogP contribution in [0.4, 0.5) is 5.82 Å². The van der Waals surface area contributed by atoms with Crippen molar-refractivity contribution in [2.24, 2.45) is 0 Å². The Labute approximate surface area is 202 Å². The molecule has 2 aliphatic rings. The molecule has 1 atom stereocenters. The fraction of sp³-hybridized carbons (Fsp3) is 0.455. The SMILES string of the molecule is N#CC1(NC(=O)[C@H](CS(=O)(=O)N2CCN(c3ccccn3)CC2)NC(=O)Cc2cccs2)CC1. The van der Waals surface area contributed by atoms with Crippen molar-refractivity contribution >= 4 is 39.0 Å². The summed E-state index contributed by atoms with van der Waals surface area (Å²) in [4.78, 5) is 32.6. The molecule has 0 aromatic carbocycles. The largest absolute Gasteiger partial charge is 0.354 e. The van der Waals surface area contributed by atoms with Gasteiger partial charge in [0.1, 0.15) is 17.4 Å². The average molecular weight is 503 g/mol. The van der Waals surface area contributed by atoms with Gasteiger partial charge in [0.25, 0.3) is 0 Å². The maximum Gasteiger partial charge on any atom is 0.244 e. The molecule has 0 unspecified atom stereocenters. The normalized spacial score (nSPS) is 18.5. The van der Waals surface area contributed by atoms with Crippen molar-refractivity contribution in [3.05, 3.63) is 46.8 Å². The number of nitrogens with one attached hydrogen (secondary N) is 2. The fourth-order valence-corrected chi connectivity index (χ4v) is 6.05. The molecule has 1 saturated carbocycles. The van der Waals surface area contributed by atoms with Gasteiger partial charge in [-0.3, -0.25) is 9.59 Å². The minimum atomic E-state index is -3.85. The van der Waals surface area contributed by atoms with Crippen LogP contribution in [0, 0.1) is 11.3 Å². The summed E-state index contributed by atoms with van der Waals surface area (Å²) in [7, 11) is -3.85. The molecule has 10 nitrogen and oxygen atoms in total. The van der Waals surface area contributed by atoms with Crippen LogP contribution in [0.2, 0.25) is 0 Å². The van der Waals surface area contributed by atoms with Crippen LogP contribution in [0.1, 0.15) is 17.7 Å². The summed E-state index contributed by atoms with van der Waals surface area (Å²) in [6.07, 6.45) is 2.75. The van der Waals surface area contributed by atoms with E-state index < -0.39 is 39.2 Å². The Morgan fingerprint density at radius 2 is 1.94 bits per heavy atom. The Kier molecular flexibility index (Phi) is 7.16. The van der Waals surface area contributed by atoms with Gasteiger partial charge < -0.3 is 15.5 Å². The topological polar surface area (TPSA) is 136 Å². The van der Waals surface area contributed by atoms with Crippen molar-refractivity contribution in [3.8, 4) is 6.07 Å². The lowest BCUT2D eigenvalue weighted by Gasteiger charge is -2.35. The molecule has 2 aromatic rings. The number of pyridine rings is 1. The zero-order chi connectivity index (χ0) is 24.2. The zero-order valence-corrected chi connectivity index (χ0v) is 20.1. The standard InChI is InChI=1S/C22H26N6O4S2/c23-16-22(6-7-22)26-21(30)18(25-20(29)14-17-4-3-13-33-17)15-34(31,32)28-11-9-27(10-12-28)19-5-1-2-8-24-19/h1-5,8,13,18H,6-7,9-12,14-15H2,(H,25,29)(H,26,30)/t18-/m0/s1. The first-order chi connectivity index (χ1) is 16.3. The van der Waals surface area contributed by atoms with Gasteiger partial charge in [-0.1, -0.05) is 12.1 Å².